The van der Waals surface area contributed by atoms with Gasteiger partial charge in [-0.2, -0.15) is 0 Å². The number of thiophene rings is 1. The van der Waals surface area contributed by atoms with Gasteiger partial charge in [0, 0.05) is 44.0 Å². The molecule has 2 aliphatic rings. The van der Waals surface area contributed by atoms with Crippen molar-refractivity contribution in [2.45, 2.75) is 25.7 Å². The Balaban J connectivity index is 1.20. The van der Waals surface area contributed by atoms with E-state index < -0.39 is 0 Å². The molecule has 0 unspecified atom stereocenters. The third-order valence-electron chi connectivity index (χ3n) is 6.09. The van der Waals surface area contributed by atoms with Crippen LogP contribution in [-0.4, -0.2) is 60.3 Å². The van der Waals surface area contributed by atoms with Gasteiger partial charge in [-0.15, -0.1) is 21.5 Å². The summed E-state index contributed by atoms with van der Waals surface area (Å²) >= 11 is 1.58. The molecule has 156 valence electrons. The van der Waals surface area contributed by atoms with Gasteiger partial charge in [0.1, 0.15) is 0 Å². The van der Waals surface area contributed by atoms with E-state index in [1.807, 2.05) is 23.1 Å². The van der Waals surface area contributed by atoms with Crippen LogP contribution in [0.25, 0.3) is 10.1 Å². The molecular formula is C23H27N5OS. The highest BCUT2D eigenvalue weighted by molar-refractivity contribution is 7.20. The molecule has 1 amide bonds. The fraction of sp³-hybridized carbons (Fsp3) is 0.435. The number of rotatable bonds is 3. The van der Waals surface area contributed by atoms with Gasteiger partial charge in [-0.3, -0.25) is 4.79 Å². The fourth-order valence-corrected chi connectivity index (χ4v) is 5.37. The lowest BCUT2D eigenvalue weighted by molar-refractivity contribution is 0.0751. The van der Waals surface area contributed by atoms with Gasteiger partial charge in [-0.25, -0.2) is 0 Å². The van der Waals surface area contributed by atoms with Gasteiger partial charge in [0.2, 0.25) is 0 Å². The van der Waals surface area contributed by atoms with Crippen molar-refractivity contribution < 1.29 is 4.79 Å². The maximum absolute atomic E-state index is 12.9. The van der Waals surface area contributed by atoms with E-state index in [0.717, 1.165) is 48.1 Å². The molecule has 3 aromatic rings. The Hall–Kier alpha value is -2.67. The van der Waals surface area contributed by atoms with Crippen molar-refractivity contribution in [2.24, 2.45) is 0 Å². The first-order chi connectivity index (χ1) is 14.8. The molecule has 0 saturated carbocycles. The van der Waals surface area contributed by atoms with Crippen LogP contribution in [0.5, 0.6) is 0 Å². The van der Waals surface area contributed by atoms with Gasteiger partial charge >= 0.3 is 0 Å². The zero-order chi connectivity index (χ0) is 20.3. The molecule has 2 aliphatic heterocycles. The van der Waals surface area contributed by atoms with Crippen LogP contribution in [0.1, 0.15) is 35.4 Å². The first-order valence-electron chi connectivity index (χ1n) is 10.9. The maximum atomic E-state index is 12.9. The van der Waals surface area contributed by atoms with Crippen LogP contribution in [0.15, 0.2) is 42.5 Å². The first-order valence-corrected chi connectivity index (χ1v) is 11.7. The van der Waals surface area contributed by atoms with Crippen LogP contribution in [0.4, 0.5) is 11.6 Å². The summed E-state index contributed by atoms with van der Waals surface area (Å²) < 4.78 is 1.17. The zero-order valence-electron chi connectivity index (χ0n) is 17.2. The highest BCUT2D eigenvalue weighted by atomic mass is 32.1. The molecule has 0 bridgehead atoms. The second kappa shape index (κ2) is 8.60. The Morgan fingerprint density at radius 1 is 0.767 bits per heavy atom. The molecule has 0 N–H and O–H groups in total. The maximum Gasteiger partial charge on any atom is 0.264 e. The van der Waals surface area contributed by atoms with E-state index in [2.05, 4.69) is 44.3 Å². The number of anilines is 2. The molecule has 6 nitrogen and oxygen atoms in total. The highest BCUT2D eigenvalue weighted by Crippen LogP contribution is 2.27. The van der Waals surface area contributed by atoms with Crippen LogP contribution in [0, 0.1) is 0 Å². The standard InChI is InChI=1S/C23H27N5OS/c29-23(20-17-18-7-3-4-8-19(18)30-20)28-15-13-27(14-16-28)22-10-9-21(24-25-22)26-11-5-1-2-6-12-26/h3-4,7-10,17H,1-2,5-6,11-16H2. The number of piperazine rings is 1. The summed E-state index contributed by atoms with van der Waals surface area (Å²) in [4.78, 5) is 20.3. The quantitative estimate of drug-likeness (QED) is 0.639. The Morgan fingerprint density at radius 2 is 1.40 bits per heavy atom. The molecular weight excluding hydrogens is 394 g/mol. The van der Waals surface area contributed by atoms with E-state index in [9.17, 15) is 4.79 Å². The van der Waals surface area contributed by atoms with Crippen molar-refractivity contribution >= 4 is 39.0 Å². The summed E-state index contributed by atoms with van der Waals surface area (Å²) in [6, 6.07) is 14.4. The van der Waals surface area contributed by atoms with Crippen LogP contribution in [-0.2, 0) is 0 Å². The summed E-state index contributed by atoms with van der Waals surface area (Å²) in [5.74, 6) is 2.03. The first kappa shape index (κ1) is 19.3. The Labute approximate surface area is 181 Å². The third kappa shape index (κ3) is 3.99. The van der Waals surface area contributed by atoms with E-state index in [1.54, 1.807) is 11.3 Å². The fourth-order valence-electron chi connectivity index (χ4n) is 4.34. The van der Waals surface area contributed by atoms with Crippen molar-refractivity contribution in [3.63, 3.8) is 0 Å². The molecule has 2 aromatic heterocycles. The smallest absolute Gasteiger partial charge is 0.264 e. The largest absolute Gasteiger partial charge is 0.355 e. The molecule has 0 aliphatic carbocycles. The lowest BCUT2D eigenvalue weighted by Gasteiger charge is -2.35. The molecule has 5 rings (SSSR count). The topological polar surface area (TPSA) is 52.6 Å². The number of carbonyl (C=O) groups is 1. The highest BCUT2D eigenvalue weighted by Gasteiger charge is 2.24. The monoisotopic (exact) mass is 421 g/mol. The normalized spacial score (nSPS) is 17.9. The second-order valence-electron chi connectivity index (χ2n) is 8.08. The lowest BCUT2D eigenvalue weighted by Crippen LogP contribution is -2.49. The number of benzene rings is 1. The third-order valence-corrected chi connectivity index (χ3v) is 7.20. The molecule has 1 aromatic carbocycles. The van der Waals surface area contributed by atoms with E-state index in [0.29, 0.717) is 13.1 Å². The summed E-state index contributed by atoms with van der Waals surface area (Å²) in [7, 11) is 0. The van der Waals surface area contributed by atoms with E-state index >= 15 is 0 Å². The van der Waals surface area contributed by atoms with Crippen molar-refractivity contribution in [2.75, 3.05) is 49.1 Å². The molecule has 0 radical (unpaired) electrons. The minimum atomic E-state index is 0.137. The molecule has 30 heavy (non-hydrogen) atoms. The number of fused-ring (bicyclic) bond motifs is 1. The Bertz CT molecular complexity index is 969. The molecule has 2 fully saturated rings. The number of carbonyl (C=O) groups excluding carboxylic acids is 1. The minimum absolute atomic E-state index is 0.137. The second-order valence-corrected chi connectivity index (χ2v) is 9.16. The van der Waals surface area contributed by atoms with Crippen LogP contribution < -0.4 is 9.80 Å². The number of amides is 1. The Kier molecular flexibility index (Phi) is 5.53. The molecule has 4 heterocycles. The van der Waals surface area contributed by atoms with Gasteiger partial charge in [-0.05, 0) is 42.5 Å². The summed E-state index contributed by atoms with van der Waals surface area (Å²) in [6.07, 6.45) is 5.09. The number of hydrogen-bond donors (Lipinski definition) is 0. The van der Waals surface area contributed by atoms with Gasteiger partial charge in [-0.1, -0.05) is 31.0 Å². The van der Waals surface area contributed by atoms with E-state index in [4.69, 9.17) is 0 Å². The summed E-state index contributed by atoms with van der Waals surface area (Å²) in [6.45, 7) is 5.15. The number of aromatic nitrogens is 2. The number of hydrogen-bond acceptors (Lipinski definition) is 6. The SMILES string of the molecule is O=C(c1cc2ccccc2s1)N1CCN(c2ccc(N3CCCCCC3)nn2)CC1. The number of nitrogens with zero attached hydrogens (tertiary/aromatic N) is 5. The average Bonchev–Trinajstić information content (AvgIpc) is 3.05. The molecule has 2 saturated heterocycles. The minimum Gasteiger partial charge on any atom is -0.355 e. The van der Waals surface area contributed by atoms with Crippen molar-refractivity contribution in [1.82, 2.24) is 15.1 Å². The van der Waals surface area contributed by atoms with Crippen LogP contribution in [0.2, 0.25) is 0 Å². The molecule has 7 heteroatoms. The predicted octanol–water partition coefficient (Wildman–Crippen LogP) is 4.03. The molecule has 0 spiro atoms. The van der Waals surface area contributed by atoms with Gasteiger partial charge in [0.25, 0.3) is 5.91 Å². The predicted molar refractivity (Wildman–Crippen MR) is 123 cm³/mol. The lowest BCUT2D eigenvalue weighted by atomic mass is 10.2. The van der Waals surface area contributed by atoms with Crippen molar-refractivity contribution in [3.8, 4) is 0 Å². The van der Waals surface area contributed by atoms with Crippen molar-refractivity contribution in [1.29, 1.82) is 0 Å². The van der Waals surface area contributed by atoms with Crippen molar-refractivity contribution in [3.05, 3.63) is 47.3 Å². The van der Waals surface area contributed by atoms with Crippen LogP contribution >= 0.6 is 11.3 Å². The van der Waals surface area contributed by atoms with Gasteiger partial charge in [0.15, 0.2) is 11.6 Å². The summed E-state index contributed by atoms with van der Waals surface area (Å²) in [5, 5.41) is 10.1. The molecule has 0 atom stereocenters. The summed E-state index contributed by atoms with van der Waals surface area (Å²) in [5.41, 5.74) is 0. The van der Waals surface area contributed by atoms with E-state index in [-0.39, 0.29) is 5.91 Å². The zero-order valence-corrected chi connectivity index (χ0v) is 18.0. The van der Waals surface area contributed by atoms with E-state index in [1.165, 1.54) is 30.4 Å². The Morgan fingerprint density at radius 3 is 2.03 bits per heavy atom. The average molecular weight is 422 g/mol. The van der Waals surface area contributed by atoms with Gasteiger partial charge in [0.05, 0.1) is 4.88 Å². The van der Waals surface area contributed by atoms with Crippen LogP contribution in [0.3, 0.4) is 0 Å². The van der Waals surface area contributed by atoms with Gasteiger partial charge < -0.3 is 14.7 Å².